The molecule has 33 heavy (non-hydrogen) atoms. The Hall–Kier alpha value is -3.06. The molecule has 1 saturated heterocycles. The first-order chi connectivity index (χ1) is 15.8. The number of amides is 2. The van der Waals surface area contributed by atoms with Crippen LogP contribution in [0, 0.1) is 6.92 Å². The van der Waals surface area contributed by atoms with Gasteiger partial charge in [-0.2, -0.15) is 0 Å². The van der Waals surface area contributed by atoms with E-state index in [1.807, 2.05) is 24.3 Å². The van der Waals surface area contributed by atoms with Gasteiger partial charge in [0.05, 0.1) is 25.5 Å². The molecule has 0 unspecified atom stereocenters. The Balaban J connectivity index is 1.57. The zero-order valence-electron chi connectivity index (χ0n) is 18.0. The van der Waals surface area contributed by atoms with E-state index in [9.17, 15) is 13.2 Å². The summed E-state index contributed by atoms with van der Waals surface area (Å²) < 4.78 is 29.1. The first kappa shape index (κ1) is 23.1. The van der Waals surface area contributed by atoms with Gasteiger partial charge in [0.25, 0.3) is 0 Å². The van der Waals surface area contributed by atoms with E-state index in [1.54, 1.807) is 31.5 Å². The number of sulfonamides is 1. The number of thiazole rings is 1. The Labute approximate surface area is 196 Å². The second-order valence-corrected chi connectivity index (χ2v) is 10.2. The van der Waals surface area contributed by atoms with E-state index in [0.29, 0.717) is 18.9 Å². The number of urea groups is 1. The first-order valence-corrected chi connectivity index (χ1v) is 12.6. The predicted molar refractivity (Wildman–Crippen MR) is 127 cm³/mol. The highest BCUT2D eigenvalue weighted by Crippen LogP contribution is 2.30. The molecule has 2 aromatic heterocycles. The number of morpholine rings is 1. The van der Waals surface area contributed by atoms with E-state index in [-0.39, 0.29) is 21.6 Å². The second kappa shape index (κ2) is 9.83. The van der Waals surface area contributed by atoms with Crippen molar-refractivity contribution in [2.75, 3.05) is 41.4 Å². The van der Waals surface area contributed by atoms with Gasteiger partial charge in [0.1, 0.15) is 0 Å². The molecule has 0 atom stereocenters. The maximum atomic E-state index is 13.2. The second-order valence-electron chi connectivity index (χ2n) is 7.43. The molecule has 2 amide bonds. The molecule has 3 heterocycles. The van der Waals surface area contributed by atoms with Crippen molar-refractivity contribution < 1.29 is 17.9 Å². The van der Waals surface area contributed by atoms with Crippen LogP contribution in [0.4, 0.5) is 21.3 Å². The Morgan fingerprint density at radius 3 is 2.45 bits per heavy atom. The van der Waals surface area contributed by atoms with Crippen LogP contribution in [0.25, 0.3) is 0 Å². The molecule has 0 aliphatic carbocycles. The molecule has 0 bridgehead atoms. The lowest BCUT2D eigenvalue weighted by Crippen LogP contribution is -2.36. The zero-order chi connectivity index (χ0) is 23.4. The Morgan fingerprint density at radius 1 is 1.18 bits per heavy atom. The number of nitrogens with zero attached hydrogens (tertiary/aromatic N) is 4. The molecule has 1 aliphatic heterocycles. The van der Waals surface area contributed by atoms with Crippen LogP contribution in [0.15, 0.2) is 53.0 Å². The fourth-order valence-electron chi connectivity index (χ4n) is 3.41. The monoisotopic (exact) mass is 488 g/mol. The molecule has 1 fully saturated rings. The van der Waals surface area contributed by atoms with Gasteiger partial charge in [-0.1, -0.05) is 11.3 Å². The molecule has 0 radical (unpaired) electrons. The number of primary sulfonamides is 1. The average Bonchev–Trinajstić information content (AvgIpc) is 3.21. The number of anilines is 3. The number of hydrogen-bond acceptors (Lipinski definition) is 8. The third kappa shape index (κ3) is 5.66. The Morgan fingerprint density at radius 2 is 1.85 bits per heavy atom. The normalized spacial score (nSPS) is 14.2. The molecule has 0 spiro atoms. The minimum atomic E-state index is -3.95. The molecule has 174 valence electrons. The number of ether oxygens (including phenoxy) is 1. The van der Waals surface area contributed by atoms with Gasteiger partial charge in [0.2, 0.25) is 10.0 Å². The van der Waals surface area contributed by atoms with Crippen LogP contribution in [0.5, 0.6) is 0 Å². The average molecular weight is 489 g/mol. The summed E-state index contributed by atoms with van der Waals surface area (Å²) >= 11 is 0.861. The number of nitrogens with one attached hydrogen (secondary N) is 1. The predicted octanol–water partition coefficient (Wildman–Crippen LogP) is 2.57. The number of benzene rings is 1. The summed E-state index contributed by atoms with van der Waals surface area (Å²) in [7, 11) is -3.95. The molecular weight excluding hydrogens is 464 g/mol. The quantitative estimate of drug-likeness (QED) is 0.545. The number of rotatable bonds is 6. The lowest BCUT2D eigenvalue weighted by atomic mass is 10.2. The van der Waals surface area contributed by atoms with Gasteiger partial charge in [0.15, 0.2) is 9.34 Å². The van der Waals surface area contributed by atoms with Crippen LogP contribution in [-0.2, 0) is 21.3 Å². The van der Waals surface area contributed by atoms with Gasteiger partial charge in [-0.15, -0.1) is 0 Å². The number of hydrogen-bond donors (Lipinski definition) is 2. The van der Waals surface area contributed by atoms with Crippen LogP contribution in [0.3, 0.4) is 0 Å². The number of pyridine rings is 1. The largest absolute Gasteiger partial charge is 0.378 e. The van der Waals surface area contributed by atoms with E-state index in [0.717, 1.165) is 35.7 Å². The first-order valence-electron chi connectivity index (χ1n) is 10.2. The van der Waals surface area contributed by atoms with Gasteiger partial charge in [-0.25, -0.2) is 23.3 Å². The Kier molecular flexibility index (Phi) is 6.88. The summed E-state index contributed by atoms with van der Waals surface area (Å²) in [6.07, 6.45) is 3.25. The lowest BCUT2D eigenvalue weighted by molar-refractivity contribution is 0.122. The van der Waals surface area contributed by atoms with Crippen molar-refractivity contribution in [3.63, 3.8) is 0 Å². The topological polar surface area (TPSA) is 131 Å². The third-order valence-electron chi connectivity index (χ3n) is 5.06. The van der Waals surface area contributed by atoms with Crippen LogP contribution in [0.1, 0.15) is 11.3 Å². The van der Waals surface area contributed by atoms with Gasteiger partial charge in [-0.3, -0.25) is 9.88 Å². The molecule has 12 heteroatoms. The summed E-state index contributed by atoms with van der Waals surface area (Å²) in [5, 5.41) is 8.41. The van der Waals surface area contributed by atoms with E-state index in [1.165, 1.54) is 4.90 Å². The van der Waals surface area contributed by atoms with E-state index >= 15 is 0 Å². The highest BCUT2D eigenvalue weighted by Gasteiger charge is 2.25. The molecule has 3 aromatic rings. The lowest BCUT2D eigenvalue weighted by Gasteiger charge is -2.29. The summed E-state index contributed by atoms with van der Waals surface area (Å²) in [5.41, 5.74) is 2.72. The molecular formula is C21H24N6O4S2. The van der Waals surface area contributed by atoms with Gasteiger partial charge >= 0.3 is 6.03 Å². The molecule has 4 rings (SSSR count). The molecule has 0 saturated carbocycles. The summed E-state index contributed by atoms with van der Waals surface area (Å²) in [4.78, 5) is 25.1. The van der Waals surface area contributed by atoms with Crippen molar-refractivity contribution in [3.05, 3.63) is 60.0 Å². The highest BCUT2D eigenvalue weighted by molar-refractivity contribution is 7.91. The van der Waals surface area contributed by atoms with Crippen molar-refractivity contribution in [3.8, 4) is 0 Å². The van der Waals surface area contributed by atoms with E-state index in [4.69, 9.17) is 9.88 Å². The van der Waals surface area contributed by atoms with Crippen LogP contribution in [-0.4, -0.2) is 50.7 Å². The minimum Gasteiger partial charge on any atom is -0.378 e. The van der Waals surface area contributed by atoms with Gasteiger partial charge in [-0.05, 0) is 48.9 Å². The van der Waals surface area contributed by atoms with Crippen molar-refractivity contribution >= 4 is 43.9 Å². The van der Waals surface area contributed by atoms with Crippen molar-refractivity contribution in [2.24, 2.45) is 5.14 Å². The summed E-state index contributed by atoms with van der Waals surface area (Å²) in [6.45, 7) is 4.75. The van der Waals surface area contributed by atoms with Crippen LogP contribution < -0.4 is 20.3 Å². The fraction of sp³-hybridized carbons (Fsp3) is 0.286. The maximum absolute atomic E-state index is 13.2. The SMILES string of the molecule is Cc1nc(N(Cc2ccncc2)C(=O)Nc2ccc(N3CCOCC3)cc2)sc1S(N)(=O)=O. The number of nitrogens with two attached hydrogens (primary N) is 1. The smallest absolute Gasteiger partial charge is 0.328 e. The van der Waals surface area contributed by atoms with Crippen molar-refractivity contribution in [1.29, 1.82) is 0 Å². The molecule has 1 aliphatic rings. The third-order valence-corrected chi connectivity index (χ3v) is 7.80. The van der Waals surface area contributed by atoms with Gasteiger partial charge in [0, 0.05) is 36.9 Å². The molecule has 10 nitrogen and oxygen atoms in total. The zero-order valence-corrected chi connectivity index (χ0v) is 19.6. The van der Waals surface area contributed by atoms with Crippen molar-refractivity contribution in [2.45, 2.75) is 17.7 Å². The van der Waals surface area contributed by atoms with Crippen LogP contribution in [0.2, 0.25) is 0 Å². The van der Waals surface area contributed by atoms with Gasteiger partial charge < -0.3 is 15.0 Å². The number of carbonyl (C=O) groups is 1. The van der Waals surface area contributed by atoms with Crippen LogP contribution >= 0.6 is 11.3 Å². The highest BCUT2D eigenvalue weighted by atomic mass is 32.2. The standard InChI is InChI=1S/C21H24N6O4S2/c1-15-19(33(22,29)30)32-21(24-15)27(14-16-6-8-23-9-7-16)20(28)25-17-2-4-18(5-3-17)26-10-12-31-13-11-26/h2-9H,10-14H2,1H3,(H,25,28)(H2,22,29,30). The summed E-state index contributed by atoms with van der Waals surface area (Å²) in [5.74, 6) is 0. The van der Waals surface area contributed by atoms with E-state index < -0.39 is 16.1 Å². The Bertz CT molecular complexity index is 1210. The maximum Gasteiger partial charge on any atom is 0.328 e. The number of carbonyl (C=O) groups excluding carboxylic acids is 1. The fourth-order valence-corrected chi connectivity index (χ4v) is 5.36. The van der Waals surface area contributed by atoms with Crippen molar-refractivity contribution in [1.82, 2.24) is 9.97 Å². The molecule has 3 N–H and O–H groups in total. The number of aromatic nitrogens is 2. The number of aryl methyl sites for hydroxylation is 1. The molecule has 1 aromatic carbocycles. The minimum absolute atomic E-state index is 0.0695. The van der Waals surface area contributed by atoms with E-state index in [2.05, 4.69) is 20.2 Å². The summed E-state index contributed by atoms with van der Waals surface area (Å²) in [6, 6.07) is 10.7.